The number of morpholine rings is 1. The molecule has 0 spiro atoms. The molecule has 156 valence electrons. The van der Waals surface area contributed by atoms with Gasteiger partial charge in [0, 0.05) is 30.0 Å². The van der Waals surface area contributed by atoms with E-state index in [1.54, 1.807) is 12.1 Å². The SMILES string of the molecule is COc1cc(C(=O)Nc2ccc(N3CCOCC3)cc2)cc(Cl)c1OCC(C)C. The number of nitrogens with zero attached hydrogens (tertiary/aromatic N) is 1. The third-order valence-corrected chi connectivity index (χ3v) is 4.83. The van der Waals surface area contributed by atoms with Gasteiger partial charge in [0.25, 0.3) is 5.91 Å². The van der Waals surface area contributed by atoms with Gasteiger partial charge in [-0.15, -0.1) is 0 Å². The average molecular weight is 419 g/mol. The molecule has 7 heteroatoms. The van der Waals surface area contributed by atoms with Gasteiger partial charge < -0.3 is 24.4 Å². The van der Waals surface area contributed by atoms with E-state index in [9.17, 15) is 4.79 Å². The first kappa shape index (κ1) is 21.3. The lowest BCUT2D eigenvalue weighted by Crippen LogP contribution is -2.36. The van der Waals surface area contributed by atoms with Crippen LogP contribution in [0.2, 0.25) is 5.02 Å². The van der Waals surface area contributed by atoms with E-state index in [0.717, 1.165) is 32.0 Å². The third kappa shape index (κ3) is 5.55. The zero-order valence-corrected chi connectivity index (χ0v) is 17.8. The molecule has 0 atom stereocenters. The van der Waals surface area contributed by atoms with E-state index in [4.69, 9.17) is 25.8 Å². The molecule has 0 radical (unpaired) electrons. The molecule has 1 aliphatic rings. The number of anilines is 2. The van der Waals surface area contributed by atoms with Crippen LogP contribution in [0.15, 0.2) is 36.4 Å². The number of amides is 1. The van der Waals surface area contributed by atoms with Gasteiger partial charge >= 0.3 is 0 Å². The van der Waals surface area contributed by atoms with Crippen molar-refractivity contribution < 1.29 is 19.0 Å². The minimum Gasteiger partial charge on any atom is -0.493 e. The van der Waals surface area contributed by atoms with E-state index in [2.05, 4.69) is 10.2 Å². The van der Waals surface area contributed by atoms with Crippen LogP contribution in [0.1, 0.15) is 24.2 Å². The molecule has 0 aliphatic carbocycles. The van der Waals surface area contributed by atoms with Gasteiger partial charge in [-0.25, -0.2) is 0 Å². The molecule has 0 saturated carbocycles. The standard InChI is InChI=1S/C22H27ClN2O4/c1-15(2)14-29-21-19(23)12-16(13-20(21)27-3)22(26)24-17-4-6-18(7-5-17)25-8-10-28-11-9-25/h4-7,12-13,15H,8-11,14H2,1-3H3,(H,24,26). The summed E-state index contributed by atoms with van der Waals surface area (Å²) in [5.74, 6) is 0.971. The number of hydrogen-bond donors (Lipinski definition) is 1. The molecule has 2 aromatic rings. The quantitative estimate of drug-likeness (QED) is 0.718. The van der Waals surface area contributed by atoms with Crippen molar-refractivity contribution in [2.24, 2.45) is 5.92 Å². The molecule has 0 unspecified atom stereocenters. The van der Waals surface area contributed by atoms with E-state index in [-0.39, 0.29) is 5.91 Å². The predicted octanol–water partition coefficient (Wildman–Crippen LogP) is 4.47. The summed E-state index contributed by atoms with van der Waals surface area (Å²) in [5, 5.41) is 3.24. The largest absolute Gasteiger partial charge is 0.493 e. The van der Waals surface area contributed by atoms with Crippen molar-refractivity contribution in [1.82, 2.24) is 0 Å². The van der Waals surface area contributed by atoms with Crippen LogP contribution < -0.4 is 19.7 Å². The van der Waals surface area contributed by atoms with Crippen LogP contribution in [0, 0.1) is 5.92 Å². The van der Waals surface area contributed by atoms with Crippen molar-refractivity contribution in [3.05, 3.63) is 47.0 Å². The summed E-state index contributed by atoms with van der Waals surface area (Å²) in [6.07, 6.45) is 0. The van der Waals surface area contributed by atoms with Crippen LogP contribution in [-0.4, -0.2) is 45.9 Å². The lowest BCUT2D eigenvalue weighted by Gasteiger charge is -2.28. The first-order valence-electron chi connectivity index (χ1n) is 9.72. The van der Waals surface area contributed by atoms with Gasteiger partial charge in [-0.05, 0) is 42.3 Å². The maximum Gasteiger partial charge on any atom is 0.255 e. The van der Waals surface area contributed by atoms with E-state index in [1.807, 2.05) is 38.1 Å². The number of carbonyl (C=O) groups is 1. The van der Waals surface area contributed by atoms with Gasteiger partial charge in [-0.2, -0.15) is 0 Å². The monoisotopic (exact) mass is 418 g/mol. The smallest absolute Gasteiger partial charge is 0.255 e. The van der Waals surface area contributed by atoms with Crippen molar-refractivity contribution in [3.8, 4) is 11.5 Å². The fraction of sp³-hybridized carbons (Fsp3) is 0.409. The highest BCUT2D eigenvalue weighted by atomic mass is 35.5. The summed E-state index contributed by atoms with van der Waals surface area (Å²) in [6, 6.07) is 11.0. The lowest BCUT2D eigenvalue weighted by molar-refractivity contribution is 0.102. The molecule has 1 amide bonds. The number of carbonyl (C=O) groups excluding carboxylic acids is 1. The van der Waals surface area contributed by atoms with Gasteiger partial charge in [0.15, 0.2) is 11.5 Å². The Morgan fingerprint density at radius 3 is 2.52 bits per heavy atom. The summed E-state index contributed by atoms with van der Waals surface area (Å²) in [7, 11) is 1.53. The molecule has 1 saturated heterocycles. The molecule has 0 aromatic heterocycles. The Balaban J connectivity index is 1.70. The Morgan fingerprint density at radius 2 is 1.90 bits per heavy atom. The fourth-order valence-corrected chi connectivity index (χ4v) is 3.29. The highest BCUT2D eigenvalue weighted by molar-refractivity contribution is 6.32. The second-order valence-electron chi connectivity index (χ2n) is 7.29. The Bertz CT molecular complexity index is 833. The van der Waals surface area contributed by atoms with Gasteiger partial charge in [0.05, 0.1) is 32.0 Å². The third-order valence-electron chi connectivity index (χ3n) is 4.55. The minimum atomic E-state index is -0.264. The second kappa shape index (κ2) is 9.85. The minimum absolute atomic E-state index is 0.264. The summed E-state index contributed by atoms with van der Waals surface area (Å²) in [6.45, 7) is 7.82. The Kier molecular flexibility index (Phi) is 7.23. The van der Waals surface area contributed by atoms with E-state index in [0.29, 0.717) is 40.3 Å². The van der Waals surface area contributed by atoms with Gasteiger partial charge in [-0.1, -0.05) is 25.4 Å². The molecular formula is C22H27ClN2O4. The molecule has 1 heterocycles. The number of ether oxygens (including phenoxy) is 3. The van der Waals surface area contributed by atoms with Crippen molar-refractivity contribution in [2.45, 2.75) is 13.8 Å². The number of nitrogens with one attached hydrogen (secondary N) is 1. The summed E-state index contributed by atoms with van der Waals surface area (Å²) >= 11 is 6.35. The van der Waals surface area contributed by atoms with Crippen LogP contribution in [0.25, 0.3) is 0 Å². The maximum atomic E-state index is 12.7. The Hall–Kier alpha value is -2.44. The molecular weight excluding hydrogens is 392 g/mol. The molecule has 3 rings (SSSR count). The van der Waals surface area contributed by atoms with Crippen LogP contribution >= 0.6 is 11.6 Å². The zero-order valence-electron chi connectivity index (χ0n) is 17.0. The first-order valence-corrected chi connectivity index (χ1v) is 10.1. The van der Waals surface area contributed by atoms with Crippen molar-refractivity contribution >= 4 is 28.9 Å². The number of benzene rings is 2. The van der Waals surface area contributed by atoms with Crippen LogP contribution in [-0.2, 0) is 4.74 Å². The summed E-state index contributed by atoms with van der Waals surface area (Å²) in [4.78, 5) is 15.0. The Morgan fingerprint density at radius 1 is 1.21 bits per heavy atom. The van der Waals surface area contributed by atoms with Crippen LogP contribution in [0.4, 0.5) is 11.4 Å². The number of rotatable bonds is 7. The number of halogens is 1. The van der Waals surface area contributed by atoms with E-state index >= 15 is 0 Å². The highest BCUT2D eigenvalue weighted by Gasteiger charge is 2.17. The van der Waals surface area contributed by atoms with E-state index in [1.165, 1.54) is 7.11 Å². The van der Waals surface area contributed by atoms with Gasteiger partial charge in [0.2, 0.25) is 0 Å². The highest BCUT2D eigenvalue weighted by Crippen LogP contribution is 2.37. The van der Waals surface area contributed by atoms with E-state index < -0.39 is 0 Å². The first-order chi connectivity index (χ1) is 14.0. The van der Waals surface area contributed by atoms with Gasteiger partial charge in [0.1, 0.15) is 0 Å². The Labute approximate surface area is 176 Å². The molecule has 1 fully saturated rings. The summed E-state index contributed by atoms with van der Waals surface area (Å²) < 4.78 is 16.5. The number of hydrogen-bond acceptors (Lipinski definition) is 5. The van der Waals surface area contributed by atoms with Crippen molar-refractivity contribution in [3.63, 3.8) is 0 Å². The second-order valence-corrected chi connectivity index (χ2v) is 7.70. The van der Waals surface area contributed by atoms with Crippen LogP contribution in [0.3, 0.4) is 0 Å². The molecule has 0 bridgehead atoms. The molecule has 6 nitrogen and oxygen atoms in total. The van der Waals surface area contributed by atoms with Crippen molar-refractivity contribution in [1.29, 1.82) is 0 Å². The zero-order chi connectivity index (χ0) is 20.8. The van der Waals surface area contributed by atoms with Crippen LogP contribution in [0.5, 0.6) is 11.5 Å². The molecule has 1 aliphatic heterocycles. The average Bonchev–Trinajstić information content (AvgIpc) is 2.73. The normalized spacial score (nSPS) is 14.0. The molecule has 1 N–H and O–H groups in total. The topological polar surface area (TPSA) is 60.0 Å². The van der Waals surface area contributed by atoms with Gasteiger partial charge in [-0.3, -0.25) is 4.79 Å². The molecule has 2 aromatic carbocycles. The maximum absolute atomic E-state index is 12.7. The lowest BCUT2D eigenvalue weighted by atomic mass is 10.1. The molecule has 29 heavy (non-hydrogen) atoms. The fourth-order valence-electron chi connectivity index (χ4n) is 3.02. The predicted molar refractivity (Wildman–Crippen MR) is 116 cm³/mol. The number of methoxy groups -OCH3 is 1. The summed E-state index contributed by atoms with van der Waals surface area (Å²) in [5.41, 5.74) is 2.23. The van der Waals surface area contributed by atoms with Crippen molar-refractivity contribution in [2.75, 3.05) is 50.2 Å².